The number of nitrogens with zero attached hydrogens (tertiary/aromatic N) is 4. The molecule has 2 N–H and O–H groups in total. The summed E-state index contributed by atoms with van der Waals surface area (Å²) in [4.78, 5) is 11.4. The number of halogens is 1. The number of aliphatic imine (C=N–C) groups is 1. The first-order chi connectivity index (χ1) is 14.7. The third kappa shape index (κ3) is 6.46. The first-order valence-electron chi connectivity index (χ1n) is 10.8. The number of benzene rings is 1. The number of rotatable bonds is 10. The summed E-state index contributed by atoms with van der Waals surface area (Å²) >= 11 is 0. The predicted molar refractivity (Wildman–Crippen MR) is 138 cm³/mol. The van der Waals surface area contributed by atoms with Crippen molar-refractivity contribution in [1.29, 1.82) is 0 Å². The lowest BCUT2D eigenvalue weighted by Crippen LogP contribution is -2.43. The summed E-state index contributed by atoms with van der Waals surface area (Å²) in [5.41, 5.74) is 2.25. The summed E-state index contributed by atoms with van der Waals surface area (Å²) in [5, 5.41) is 6.89. The smallest absolute Gasteiger partial charge is 0.191 e. The van der Waals surface area contributed by atoms with Crippen molar-refractivity contribution >= 4 is 41.0 Å². The Labute approximate surface area is 202 Å². The van der Waals surface area contributed by atoms with E-state index in [1.165, 1.54) is 5.52 Å². The molecule has 0 aliphatic rings. The van der Waals surface area contributed by atoms with E-state index in [1.54, 1.807) is 6.26 Å². The van der Waals surface area contributed by atoms with Crippen LogP contribution in [0.5, 0.6) is 0 Å². The zero-order valence-electron chi connectivity index (χ0n) is 19.0. The van der Waals surface area contributed by atoms with Crippen molar-refractivity contribution in [1.82, 2.24) is 25.1 Å². The maximum absolute atomic E-state index is 5.68. The maximum Gasteiger partial charge on any atom is 0.191 e. The molecule has 1 aromatic carbocycles. The van der Waals surface area contributed by atoms with Crippen LogP contribution in [0.1, 0.15) is 37.9 Å². The standard InChI is InChI=1S/C23H34N6O.HI/c1-5-28(6-2)21(22-13-9-16-30-22)17-26-23(24-4)25-14-10-15-29-18(3)27-19-11-7-8-12-20(19)29;/h7-9,11-13,16,21H,5-6,10,14-15,17H2,1-4H3,(H2,24,25,26);1H. The highest BCUT2D eigenvalue weighted by atomic mass is 127. The molecule has 8 heteroatoms. The van der Waals surface area contributed by atoms with Gasteiger partial charge >= 0.3 is 0 Å². The fraction of sp³-hybridized carbons (Fsp3) is 0.478. The Morgan fingerprint density at radius 3 is 2.61 bits per heavy atom. The molecule has 0 saturated heterocycles. The van der Waals surface area contributed by atoms with Crippen LogP contribution in [0.15, 0.2) is 52.1 Å². The van der Waals surface area contributed by atoms with Gasteiger partial charge < -0.3 is 19.6 Å². The van der Waals surface area contributed by atoms with Crippen LogP contribution in [0.4, 0.5) is 0 Å². The summed E-state index contributed by atoms with van der Waals surface area (Å²) in [6.45, 7) is 10.8. The average molecular weight is 538 g/mol. The van der Waals surface area contributed by atoms with Crippen molar-refractivity contribution in [2.24, 2.45) is 4.99 Å². The highest BCUT2D eigenvalue weighted by molar-refractivity contribution is 14.0. The molecule has 1 atom stereocenters. The second-order valence-corrected chi connectivity index (χ2v) is 7.29. The van der Waals surface area contributed by atoms with Gasteiger partial charge in [0.05, 0.1) is 23.3 Å². The van der Waals surface area contributed by atoms with Gasteiger partial charge in [-0.25, -0.2) is 4.98 Å². The summed E-state index contributed by atoms with van der Waals surface area (Å²) in [6.07, 6.45) is 2.72. The van der Waals surface area contributed by atoms with E-state index in [0.29, 0.717) is 0 Å². The lowest BCUT2D eigenvalue weighted by atomic mass is 10.2. The normalized spacial score (nSPS) is 12.7. The molecule has 0 aliphatic carbocycles. The quantitative estimate of drug-likeness (QED) is 0.175. The van der Waals surface area contributed by atoms with Crippen molar-refractivity contribution in [3.8, 4) is 0 Å². The van der Waals surface area contributed by atoms with Gasteiger partial charge in [0.1, 0.15) is 11.6 Å². The van der Waals surface area contributed by atoms with E-state index in [4.69, 9.17) is 4.42 Å². The number of aromatic nitrogens is 2. The first kappa shape index (κ1) is 25.2. The summed E-state index contributed by atoms with van der Waals surface area (Å²) < 4.78 is 7.96. The van der Waals surface area contributed by atoms with Gasteiger partial charge in [-0.15, -0.1) is 24.0 Å². The Kier molecular flexibility index (Phi) is 10.3. The van der Waals surface area contributed by atoms with Gasteiger partial charge in [0.15, 0.2) is 5.96 Å². The summed E-state index contributed by atoms with van der Waals surface area (Å²) in [7, 11) is 1.81. The largest absolute Gasteiger partial charge is 0.468 e. The molecule has 0 bridgehead atoms. The minimum Gasteiger partial charge on any atom is -0.468 e. The number of fused-ring (bicyclic) bond motifs is 1. The number of guanidine groups is 1. The molecule has 0 radical (unpaired) electrons. The number of para-hydroxylation sites is 2. The van der Waals surface area contributed by atoms with Crippen LogP contribution in [0.3, 0.4) is 0 Å². The van der Waals surface area contributed by atoms with Crippen LogP contribution < -0.4 is 10.6 Å². The summed E-state index contributed by atoms with van der Waals surface area (Å²) in [5.74, 6) is 2.84. The van der Waals surface area contributed by atoms with Crippen molar-refractivity contribution in [3.63, 3.8) is 0 Å². The number of nitrogens with one attached hydrogen (secondary N) is 2. The van der Waals surface area contributed by atoms with Gasteiger partial charge in [-0.2, -0.15) is 0 Å². The van der Waals surface area contributed by atoms with Gasteiger partial charge in [-0.3, -0.25) is 9.89 Å². The van der Waals surface area contributed by atoms with Gasteiger partial charge in [0.25, 0.3) is 0 Å². The van der Waals surface area contributed by atoms with E-state index in [1.807, 2.05) is 25.2 Å². The van der Waals surface area contributed by atoms with Crippen LogP contribution in [-0.2, 0) is 6.54 Å². The topological polar surface area (TPSA) is 70.6 Å². The molecule has 2 heterocycles. The van der Waals surface area contributed by atoms with Gasteiger partial charge in [0.2, 0.25) is 0 Å². The van der Waals surface area contributed by atoms with E-state index in [0.717, 1.165) is 62.2 Å². The van der Waals surface area contributed by atoms with E-state index in [9.17, 15) is 0 Å². The third-order valence-electron chi connectivity index (χ3n) is 5.51. The van der Waals surface area contributed by atoms with Crippen LogP contribution in [-0.4, -0.2) is 53.6 Å². The molecule has 7 nitrogen and oxygen atoms in total. The molecule has 0 amide bonds. The molecular formula is C23H35IN6O. The molecule has 3 rings (SSSR count). The van der Waals surface area contributed by atoms with Crippen LogP contribution in [0, 0.1) is 6.92 Å². The predicted octanol–water partition coefficient (Wildman–Crippen LogP) is 4.19. The number of likely N-dealkylation sites (N-methyl/N-ethyl adjacent to an activating group) is 1. The lowest BCUT2D eigenvalue weighted by molar-refractivity contribution is 0.193. The van der Waals surface area contributed by atoms with Crippen LogP contribution >= 0.6 is 24.0 Å². The zero-order valence-corrected chi connectivity index (χ0v) is 21.3. The van der Waals surface area contributed by atoms with E-state index < -0.39 is 0 Å². The highest BCUT2D eigenvalue weighted by Gasteiger charge is 2.20. The Bertz CT molecular complexity index is 933. The van der Waals surface area contributed by atoms with Crippen molar-refractivity contribution in [2.45, 2.75) is 39.8 Å². The van der Waals surface area contributed by atoms with Crippen molar-refractivity contribution < 1.29 is 4.42 Å². The number of imidazole rings is 1. The molecule has 3 aromatic rings. The van der Waals surface area contributed by atoms with E-state index >= 15 is 0 Å². The minimum absolute atomic E-state index is 0. The fourth-order valence-electron chi connectivity index (χ4n) is 3.89. The summed E-state index contributed by atoms with van der Waals surface area (Å²) in [6, 6.07) is 12.5. The average Bonchev–Trinajstić information content (AvgIpc) is 3.40. The van der Waals surface area contributed by atoms with E-state index in [2.05, 4.69) is 69.0 Å². The van der Waals surface area contributed by atoms with Crippen molar-refractivity contribution in [2.75, 3.05) is 33.2 Å². The van der Waals surface area contributed by atoms with Crippen LogP contribution in [0.2, 0.25) is 0 Å². The molecular weight excluding hydrogens is 503 g/mol. The number of hydrogen-bond acceptors (Lipinski definition) is 4. The molecule has 0 aliphatic heterocycles. The maximum atomic E-state index is 5.68. The molecule has 170 valence electrons. The molecule has 31 heavy (non-hydrogen) atoms. The second-order valence-electron chi connectivity index (χ2n) is 7.29. The third-order valence-corrected chi connectivity index (χ3v) is 5.51. The van der Waals surface area contributed by atoms with Crippen LogP contribution in [0.25, 0.3) is 11.0 Å². The number of hydrogen-bond donors (Lipinski definition) is 2. The van der Waals surface area contributed by atoms with Gasteiger partial charge in [-0.1, -0.05) is 26.0 Å². The Hall–Kier alpha value is -2.07. The number of furan rings is 1. The Morgan fingerprint density at radius 2 is 1.94 bits per heavy atom. The van der Waals surface area contributed by atoms with Gasteiger partial charge in [-0.05, 0) is 50.7 Å². The lowest BCUT2D eigenvalue weighted by Gasteiger charge is -2.28. The first-order valence-corrected chi connectivity index (χ1v) is 10.8. The Balaban J connectivity index is 0.00000341. The highest BCUT2D eigenvalue weighted by Crippen LogP contribution is 2.20. The SMILES string of the molecule is CCN(CC)C(CNC(=NC)NCCCn1c(C)nc2ccccc21)c1ccco1.I. The molecule has 2 aromatic heterocycles. The fourth-order valence-corrected chi connectivity index (χ4v) is 3.89. The molecule has 0 saturated carbocycles. The number of aryl methyl sites for hydroxylation is 2. The molecule has 1 unspecified atom stereocenters. The Morgan fingerprint density at radius 1 is 1.16 bits per heavy atom. The second kappa shape index (κ2) is 12.7. The molecule has 0 fully saturated rings. The molecule has 0 spiro atoms. The monoisotopic (exact) mass is 538 g/mol. The van der Waals surface area contributed by atoms with Gasteiger partial charge in [0, 0.05) is 26.7 Å². The van der Waals surface area contributed by atoms with Crippen molar-refractivity contribution in [3.05, 3.63) is 54.2 Å². The minimum atomic E-state index is 0. The zero-order chi connectivity index (χ0) is 21.3. The van der Waals surface area contributed by atoms with E-state index in [-0.39, 0.29) is 30.0 Å².